The van der Waals surface area contributed by atoms with Gasteiger partial charge in [-0.25, -0.2) is 4.98 Å². The number of methoxy groups -OCH3 is 1. The van der Waals surface area contributed by atoms with Gasteiger partial charge in [-0.05, 0) is 15.9 Å². The summed E-state index contributed by atoms with van der Waals surface area (Å²) in [5.74, 6) is 1.05. The second-order valence-corrected chi connectivity index (χ2v) is 4.70. The summed E-state index contributed by atoms with van der Waals surface area (Å²) in [6, 6.07) is 0. The molecule has 16 heavy (non-hydrogen) atoms. The Labute approximate surface area is 105 Å². The lowest BCUT2D eigenvalue weighted by Crippen LogP contribution is -2.03. The second-order valence-electron chi connectivity index (χ2n) is 2.87. The highest BCUT2D eigenvalue weighted by atomic mass is 79.9. The van der Waals surface area contributed by atoms with Crippen LogP contribution in [0.25, 0.3) is 0 Å². The van der Waals surface area contributed by atoms with Gasteiger partial charge >= 0.3 is 0 Å². The van der Waals surface area contributed by atoms with Crippen molar-refractivity contribution < 1.29 is 4.74 Å². The van der Waals surface area contributed by atoms with Crippen molar-refractivity contribution >= 4 is 33.2 Å². The molecule has 0 fully saturated rings. The van der Waals surface area contributed by atoms with E-state index in [2.05, 4.69) is 36.2 Å². The second kappa shape index (κ2) is 5.22. The summed E-state index contributed by atoms with van der Waals surface area (Å²) < 4.78 is 5.81. The van der Waals surface area contributed by atoms with Crippen LogP contribution in [-0.2, 0) is 6.54 Å². The quantitative estimate of drug-likeness (QED) is 0.939. The van der Waals surface area contributed by atoms with Crippen molar-refractivity contribution in [3.8, 4) is 5.88 Å². The summed E-state index contributed by atoms with van der Waals surface area (Å²) in [6.07, 6.45) is 3.47. The predicted octanol–water partition coefficient (Wildman–Crippen LogP) is 2.32. The predicted molar refractivity (Wildman–Crippen MR) is 65.7 cm³/mol. The monoisotopic (exact) mass is 300 g/mol. The van der Waals surface area contributed by atoms with Gasteiger partial charge in [-0.1, -0.05) is 0 Å². The molecule has 7 heteroatoms. The third-order valence-corrected chi connectivity index (χ3v) is 3.13. The van der Waals surface area contributed by atoms with Gasteiger partial charge in [0.05, 0.1) is 29.8 Å². The van der Waals surface area contributed by atoms with Gasteiger partial charge in [-0.15, -0.1) is 11.3 Å². The molecule has 0 unspecified atom stereocenters. The van der Waals surface area contributed by atoms with Crippen molar-refractivity contribution in [1.82, 2.24) is 15.0 Å². The number of halogens is 1. The number of anilines is 1. The average molecular weight is 301 g/mol. The molecule has 0 saturated heterocycles. The Hall–Kier alpha value is -1.21. The van der Waals surface area contributed by atoms with Gasteiger partial charge in [-0.3, -0.25) is 4.98 Å². The molecule has 0 aliphatic rings. The van der Waals surface area contributed by atoms with Crippen LogP contribution in [0.1, 0.15) is 4.88 Å². The van der Waals surface area contributed by atoms with E-state index in [1.165, 1.54) is 0 Å². The van der Waals surface area contributed by atoms with Crippen LogP contribution < -0.4 is 10.1 Å². The van der Waals surface area contributed by atoms with Crippen LogP contribution in [0.3, 0.4) is 0 Å². The molecular formula is C9H9BrN4OS. The third kappa shape index (κ3) is 2.67. The van der Waals surface area contributed by atoms with Gasteiger partial charge in [0.15, 0.2) is 0 Å². The molecule has 2 aromatic heterocycles. The molecular weight excluding hydrogens is 292 g/mol. The Bertz CT molecular complexity index is 463. The number of nitrogens with zero attached hydrogens (tertiary/aromatic N) is 3. The highest BCUT2D eigenvalue weighted by molar-refractivity contribution is 9.10. The maximum Gasteiger partial charge on any atom is 0.232 e. The Kier molecular flexibility index (Phi) is 3.68. The Morgan fingerprint density at radius 3 is 3.06 bits per heavy atom. The summed E-state index contributed by atoms with van der Waals surface area (Å²) in [4.78, 5) is 13.4. The minimum absolute atomic E-state index is 0.516. The molecule has 2 rings (SSSR count). The number of nitrogens with one attached hydrogen (secondary N) is 1. The lowest BCUT2D eigenvalue weighted by atomic mass is 10.5. The highest BCUT2D eigenvalue weighted by Crippen LogP contribution is 2.22. The average Bonchev–Trinajstić information content (AvgIpc) is 2.81. The number of rotatable bonds is 4. The van der Waals surface area contributed by atoms with Crippen LogP contribution in [0.5, 0.6) is 5.88 Å². The number of aromatic nitrogens is 3. The van der Waals surface area contributed by atoms with E-state index in [4.69, 9.17) is 4.74 Å². The van der Waals surface area contributed by atoms with E-state index < -0.39 is 0 Å². The maximum absolute atomic E-state index is 5.07. The van der Waals surface area contributed by atoms with Crippen LogP contribution >= 0.6 is 27.3 Å². The largest absolute Gasteiger partial charge is 0.480 e. The van der Waals surface area contributed by atoms with E-state index in [-0.39, 0.29) is 0 Å². The molecule has 0 radical (unpaired) electrons. The van der Waals surface area contributed by atoms with Gasteiger partial charge in [0, 0.05) is 11.1 Å². The van der Waals surface area contributed by atoms with E-state index in [0.717, 1.165) is 9.35 Å². The minimum Gasteiger partial charge on any atom is -0.480 e. The van der Waals surface area contributed by atoms with Crippen molar-refractivity contribution in [2.24, 2.45) is 0 Å². The van der Waals surface area contributed by atoms with E-state index >= 15 is 0 Å². The summed E-state index contributed by atoms with van der Waals surface area (Å²) in [6.45, 7) is 0.662. The lowest BCUT2D eigenvalue weighted by molar-refractivity contribution is 0.394. The van der Waals surface area contributed by atoms with Crippen molar-refractivity contribution in [3.05, 3.63) is 27.3 Å². The number of ether oxygens (including phenoxy) is 1. The first-order chi connectivity index (χ1) is 7.79. The molecule has 5 nitrogen and oxygen atoms in total. The SMILES string of the molecule is COc1nc(NCc2cncs2)ncc1Br. The summed E-state index contributed by atoms with van der Waals surface area (Å²) in [7, 11) is 1.57. The first-order valence-electron chi connectivity index (χ1n) is 4.47. The third-order valence-electron chi connectivity index (χ3n) is 1.81. The zero-order valence-corrected chi connectivity index (χ0v) is 10.9. The zero-order chi connectivity index (χ0) is 11.4. The fourth-order valence-corrected chi connectivity index (χ4v) is 1.96. The van der Waals surface area contributed by atoms with Gasteiger partial charge in [0.25, 0.3) is 0 Å². The molecule has 0 atom stereocenters. The first kappa shape index (κ1) is 11.3. The highest BCUT2D eigenvalue weighted by Gasteiger charge is 2.04. The number of thiazole rings is 1. The summed E-state index contributed by atoms with van der Waals surface area (Å²) >= 11 is 4.88. The smallest absolute Gasteiger partial charge is 0.232 e. The van der Waals surface area contributed by atoms with Crippen LogP contribution in [0.2, 0.25) is 0 Å². The molecule has 84 valence electrons. The first-order valence-corrected chi connectivity index (χ1v) is 6.14. The van der Waals surface area contributed by atoms with Crippen molar-refractivity contribution in [1.29, 1.82) is 0 Å². The van der Waals surface area contributed by atoms with E-state index in [9.17, 15) is 0 Å². The maximum atomic E-state index is 5.07. The van der Waals surface area contributed by atoms with Crippen molar-refractivity contribution in [3.63, 3.8) is 0 Å². The molecule has 2 aromatic rings. The van der Waals surface area contributed by atoms with Gasteiger partial charge < -0.3 is 10.1 Å². The number of hydrogen-bond donors (Lipinski definition) is 1. The standard InChI is InChI=1S/C9H9BrN4OS/c1-15-8-7(10)4-13-9(14-8)12-3-6-2-11-5-16-6/h2,4-5H,3H2,1H3,(H,12,13,14). The minimum atomic E-state index is 0.516. The summed E-state index contributed by atoms with van der Waals surface area (Å²) in [5, 5.41) is 3.10. The fraction of sp³-hybridized carbons (Fsp3) is 0.222. The Morgan fingerprint density at radius 1 is 1.50 bits per heavy atom. The van der Waals surface area contributed by atoms with Gasteiger partial charge in [-0.2, -0.15) is 4.98 Å². The summed E-state index contributed by atoms with van der Waals surface area (Å²) in [5.41, 5.74) is 1.79. The van der Waals surface area contributed by atoms with Crippen molar-refractivity contribution in [2.45, 2.75) is 6.54 Å². The van der Waals surface area contributed by atoms with Crippen LogP contribution in [0.15, 0.2) is 22.4 Å². The van der Waals surface area contributed by atoms with E-state index in [0.29, 0.717) is 18.4 Å². The molecule has 0 aromatic carbocycles. The van der Waals surface area contributed by atoms with Crippen molar-refractivity contribution in [2.75, 3.05) is 12.4 Å². The van der Waals surface area contributed by atoms with E-state index in [1.54, 1.807) is 30.2 Å². The Balaban J connectivity index is 2.04. The molecule has 0 amide bonds. The molecule has 2 heterocycles. The van der Waals surface area contributed by atoms with Gasteiger partial charge in [0.2, 0.25) is 11.8 Å². The normalized spacial score (nSPS) is 10.1. The molecule has 0 bridgehead atoms. The topological polar surface area (TPSA) is 59.9 Å². The number of hydrogen-bond acceptors (Lipinski definition) is 6. The molecule has 1 N–H and O–H groups in total. The fourth-order valence-electron chi connectivity index (χ4n) is 1.08. The van der Waals surface area contributed by atoms with Crippen LogP contribution in [0.4, 0.5) is 5.95 Å². The van der Waals surface area contributed by atoms with Crippen LogP contribution in [0, 0.1) is 0 Å². The van der Waals surface area contributed by atoms with Crippen LogP contribution in [-0.4, -0.2) is 22.1 Å². The van der Waals surface area contributed by atoms with Gasteiger partial charge in [0.1, 0.15) is 0 Å². The Morgan fingerprint density at radius 2 is 2.38 bits per heavy atom. The molecule has 0 aliphatic carbocycles. The van der Waals surface area contributed by atoms with E-state index in [1.807, 2.05) is 6.20 Å². The molecule has 0 saturated carbocycles. The molecule has 0 spiro atoms. The zero-order valence-electron chi connectivity index (χ0n) is 8.48. The molecule has 0 aliphatic heterocycles. The lowest BCUT2D eigenvalue weighted by Gasteiger charge is -2.05.